The zero-order valence-corrected chi connectivity index (χ0v) is 14.4. The molecule has 122 valence electrons. The molecule has 0 aliphatic carbocycles. The van der Waals surface area contributed by atoms with E-state index in [0.29, 0.717) is 0 Å². The van der Waals surface area contributed by atoms with E-state index in [1.54, 1.807) is 0 Å². The molecule has 3 atom stereocenters. The molecule has 0 spiro atoms. The SMILES string of the molecule is CCC(C)C(C(C)C)C(C(C(C)C)C(C)C)C(F)(F)F. The Labute approximate surface area is 123 Å². The van der Waals surface area contributed by atoms with Gasteiger partial charge in [0, 0.05) is 0 Å². The van der Waals surface area contributed by atoms with E-state index in [1.807, 2.05) is 55.4 Å². The Morgan fingerprint density at radius 3 is 1.25 bits per heavy atom. The van der Waals surface area contributed by atoms with Crippen LogP contribution in [-0.4, -0.2) is 6.18 Å². The van der Waals surface area contributed by atoms with E-state index < -0.39 is 12.1 Å². The van der Waals surface area contributed by atoms with E-state index in [2.05, 4.69) is 0 Å². The summed E-state index contributed by atoms with van der Waals surface area (Å²) < 4.78 is 41.4. The zero-order chi connectivity index (χ0) is 16.2. The smallest absolute Gasteiger partial charge is 0.171 e. The Morgan fingerprint density at radius 2 is 1.05 bits per heavy atom. The van der Waals surface area contributed by atoms with Crippen molar-refractivity contribution < 1.29 is 13.2 Å². The molecule has 0 fully saturated rings. The van der Waals surface area contributed by atoms with Gasteiger partial charge in [-0.2, -0.15) is 13.2 Å². The van der Waals surface area contributed by atoms with Gasteiger partial charge in [-0.3, -0.25) is 0 Å². The Balaban J connectivity index is 5.74. The van der Waals surface area contributed by atoms with Crippen LogP contribution in [-0.2, 0) is 0 Å². The van der Waals surface area contributed by atoms with Crippen LogP contribution < -0.4 is 0 Å². The highest BCUT2D eigenvalue weighted by atomic mass is 19.4. The minimum absolute atomic E-state index is 0.0481. The van der Waals surface area contributed by atoms with Gasteiger partial charge >= 0.3 is 6.18 Å². The Morgan fingerprint density at radius 1 is 0.700 bits per heavy atom. The Hall–Kier alpha value is -0.210. The first-order valence-electron chi connectivity index (χ1n) is 8.01. The van der Waals surface area contributed by atoms with Gasteiger partial charge < -0.3 is 0 Å². The lowest BCUT2D eigenvalue weighted by atomic mass is 9.63. The quantitative estimate of drug-likeness (QED) is 0.509. The van der Waals surface area contributed by atoms with E-state index in [9.17, 15) is 13.2 Å². The number of hydrogen-bond acceptors (Lipinski definition) is 0. The molecule has 0 N–H and O–H groups in total. The first-order chi connectivity index (χ1) is 8.95. The molecule has 3 heteroatoms. The van der Waals surface area contributed by atoms with Gasteiger partial charge in [0.05, 0.1) is 5.92 Å². The molecule has 0 amide bonds. The summed E-state index contributed by atoms with van der Waals surface area (Å²) in [5.74, 6) is -1.55. The summed E-state index contributed by atoms with van der Waals surface area (Å²) in [6.45, 7) is 15.6. The standard InChI is InChI=1S/C17H33F3/c1-9-13(8)15(12(6)7)16(17(18,19)20)14(10(2)3)11(4)5/h10-16H,9H2,1-8H3. The molecule has 0 aliphatic rings. The summed E-state index contributed by atoms with van der Waals surface area (Å²) in [5.41, 5.74) is 0. The lowest BCUT2D eigenvalue weighted by Gasteiger charge is -2.43. The van der Waals surface area contributed by atoms with Crippen LogP contribution >= 0.6 is 0 Å². The maximum Gasteiger partial charge on any atom is 0.392 e. The van der Waals surface area contributed by atoms with Crippen molar-refractivity contribution in [2.24, 2.45) is 41.4 Å². The second-order valence-electron chi connectivity index (χ2n) is 7.34. The summed E-state index contributed by atoms with van der Waals surface area (Å²) >= 11 is 0. The highest BCUT2D eigenvalue weighted by Gasteiger charge is 2.52. The molecule has 3 unspecified atom stereocenters. The average molecular weight is 294 g/mol. The predicted octanol–water partition coefficient (Wildman–Crippen LogP) is 6.41. The normalized spacial score (nSPS) is 18.1. The Kier molecular flexibility index (Phi) is 7.62. The van der Waals surface area contributed by atoms with Crippen molar-refractivity contribution in [2.45, 2.75) is 68.0 Å². The zero-order valence-electron chi connectivity index (χ0n) is 14.4. The largest absolute Gasteiger partial charge is 0.392 e. The topological polar surface area (TPSA) is 0 Å². The molecule has 20 heavy (non-hydrogen) atoms. The second kappa shape index (κ2) is 7.70. The van der Waals surface area contributed by atoms with Gasteiger partial charge in [0.2, 0.25) is 0 Å². The van der Waals surface area contributed by atoms with Crippen molar-refractivity contribution in [2.75, 3.05) is 0 Å². The monoisotopic (exact) mass is 294 g/mol. The van der Waals surface area contributed by atoms with Crippen molar-refractivity contribution in [1.29, 1.82) is 0 Å². The third kappa shape index (κ3) is 4.96. The van der Waals surface area contributed by atoms with Crippen molar-refractivity contribution in [3.63, 3.8) is 0 Å². The van der Waals surface area contributed by atoms with Crippen LogP contribution in [0.3, 0.4) is 0 Å². The maximum absolute atomic E-state index is 13.8. The highest BCUT2D eigenvalue weighted by molar-refractivity contribution is 4.89. The summed E-state index contributed by atoms with van der Waals surface area (Å²) in [6, 6.07) is 0. The van der Waals surface area contributed by atoms with Crippen LogP contribution in [0.15, 0.2) is 0 Å². The lowest BCUT2D eigenvalue weighted by Crippen LogP contribution is -2.45. The predicted molar refractivity (Wildman–Crippen MR) is 80.5 cm³/mol. The van der Waals surface area contributed by atoms with Crippen molar-refractivity contribution in [1.82, 2.24) is 0 Å². The molecule has 0 bridgehead atoms. The molecule has 0 nitrogen and oxygen atoms in total. The second-order valence-corrected chi connectivity index (χ2v) is 7.34. The van der Waals surface area contributed by atoms with E-state index in [0.717, 1.165) is 6.42 Å². The third-order valence-corrected chi connectivity index (χ3v) is 4.82. The summed E-state index contributed by atoms with van der Waals surface area (Å²) in [4.78, 5) is 0. The molecule has 0 aromatic carbocycles. The van der Waals surface area contributed by atoms with Crippen LogP contribution in [0.25, 0.3) is 0 Å². The first kappa shape index (κ1) is 19.8. The van der Waals surface area contributed by atoms with Gasteiger partial charge in [-0.05, 0) is 35.5 Å². The van der Waals surface area contributed by atoms with Gasteiger partial charge in [-0.15, -0.1) is 0 Å². The minimum Gasteiger partial charge on any atom is -0.171 e. The maximum atomic E-state index is 13.8. The molecule has 0 heterocycles. The van der Waals surface area contributed by atoms with E-state index in [1.165, 1.54) is 0 Å². The molecule has 0 saturated carbocycles. The average Bonchev–Trinajstić information content (AvgIpc) is 2.24. The van der Waals surface area contributed by atoms with E-state index >= 15 is 0 Å². The van der Waals surface area contributed by atoms with Crippen molar-refractivity contribution >= 4 is 0 Å². The van der Waals surface area contributed by atoms with Gasteiger partial charge in [-0.1, -0.05) is 61.8 Å². The van der Waals surface area contributed by atoms with Crippen LogP contribution in [0.2, 0.25) is 0 Å². The van der Waals surface area contributed by atoms with Gasteiger partial charge in [-0.25, -0.2) is 0 Å². The van der Waals surface area contributed by atoms with Crippen LogP contribution in [0.1, 0.15) is 61.8 Å². The fraction of sp³-hybridized carbons (Fsp3) is 1.00. The molecule has 0 aliphatic heterocycles. The molecular formula is C17H33F3. The number of halogens is 3. The van der Waals surface area contributed by atoms with Crippen LogP contribution in [0, 0.1) is 41.4 Å². The molecule has 0 saturated heterocycles. The van der Waals surface area contributed by atoms with Crippen LogP contribution in [0.5, 0.6) is 0 Å². The lowest BCUT2D eigenvalue weighted by molar-refractivity contribution is -0.224. The number of hydrogen-bond donors (Lipinski definition) is 0. The molecule has 0 radical (unpaired) electrons. The fourth-order valence-corrected chi connectivity index (χ4v) is 3.99. The number of rotatable bonds is 7. The molecule has 0 rings (SSSR count). The van der Waals surface area contributed by atoms with Crippen molar-refractivity contribution in [3.8, 4) is 0 Å². The third-order valence-electron chi connectivity index (χ3n) is 4.82. The van der Waals surface area contributed by atoms with Crippen LogP contribution in [0.4, 0.5) is 13.2 Å². The number of alkyl halides is 3. The van der Waals surface area contributed by atoms with Gasteiger partial charge in [0.15, 0.2) is 0 Å². The molecule has 0 aromatic rings. The first-order valence-corrected chi connectivity index (χ1v) is 8.01. The van der Waals surface area contributed by atoms with Gasteiger partial charge in [0.25, 0.3) is 0 Å². The summed E-state index contributed by atoms with van der Waals surface area (Å²) in [7, 11) is 0. The summed E-state index contributed by atoms with van der Waals surface area (Å²) in [6.07, 6.45) is -3.31. The van der Waals surface area contributed by atoms with E-state index in [4.69, 9.17) is 0 Å². The molecule has 0 aromatic heterocycles. The Bertz CT molecular complexity index is 258. The summed E-state index contributed by atoms with van der Waals surface area (Å²) in [5, 5.41) is 0. The highest BCUT2D eigenvalue weighted by Crippen LogP contribution is 2.48. The minimum atomic E-state index is -4.11. The van der Waals surface area contributed by atoms with Crippen molar-refractivity contribution in [3.05, 3.63) is 0 Å². The van der Waals surface area contributed by atoms with Gasteiger partial charge in [0.1, 0.15) is 0 Å². The van der Waals surface area contributed by atoms with E-state index in [-0.39, 0.29) is 35.5 Å². The molecular weight excluding hydrogens is 261 g/mol. The fourth-order valence-electron chi connectivity index (χ4n) is 3.99.